The van der Waals surface area contributed by atoms with Gasteiger partial charge in [-0.1, -0.05) is 24.3 Å². The highest BCUT2D eigenvalue weighted by Crippen LogP contribution is 2.46. The van der Waals surface area contributed by atoms with Crippen molar-refractivity contribution < 1.29 is 14.7 Å². The third-order valence-corrected chi connectivity index (χ3v) is 3.75. The zero-order chi connectivity index (χ0) is 14.2. The van der Waals surface area contributed by atoms with Gasteiger partial charge in [-0.25, -0.2) is 0 Å². The molecule has 1 amide bonds. The van der Waals surface area contributed by atoms with Crippen LogP contribution in [0, 0.1) is 5.41 Å². The van der Waals surface area contributed by atoms with Crippen molar-refractivity contribution >= 4 is 22.8 Å². The molecule has 1 heterocycles. The van der Waals surface area contributed by atoms with Gasteiger partial charge in [-0.2, -0.15) is 0 Å². The highest BCUT2D eigenvalue weighted by Gasteiger charge is 2.56. The standard InChI is InChI=1S/C15H14N2O3/c18-13(15(6-7-15)14(19)20)17-9-11-4-1-3-10-5-2-8-16-12(10)11/h1-5,8H,6-7,9H2,(H,17,18)(H,19,20). The summed E-state index contributed by atoms with van der Waals surface area (Å²) in [5.74, 6) is -1.44. The lowest BCUT2D eigenvalue weighted by atomic mass is 10.1. The van der Waals surface area contributed by atoms with Crippen molar-refractivity contribution in [2.24, 2.45) is 5.41 Å². The summed E-state index contributed by atoms with van der Waals surface area (Å²) in [4.78, 5) is 27.3. The number of fused-ring (bicyclic) bond motifs is 1. The molecule has 1 saturated carbocycles. The van der Waals surface area contributed by atoms with Gasteiger partial charge in [0.25, 0.3) is 0 Å². The van der Waals surface area contributed by atoms with Crippen LogP contribution < -0.4 is 5.32 Å². The van der Waals surface area contributed by atoms with Gasteiger partial charge in [0.05, 0.1) is 5.52 Å². The van der Waals surface area contributed by atoms with Crippen LogP contribution in [0.25, 0.3) is 10.9 Å². The number of benzene rings is 1. The fourth-order valence-electron chi connectivity index (χ4n) is 2.32. The highest BCUT2D eigenvalue weighted by molar-refractivity contribution is 6.04. The van der Waals surface area contributed by atoms with E-state index in [0.717, 1.165) is 16.5 Å². The Bertz CT molecular complexity index is 687. The van der Waals surface area contributed by atoms with E-state index in [2.05, 4.69) is 10.3 Å². The second kappa shape index (κ2) is 4.59. The third-order valence-electron chi connectivity index (χ3n) is 3.75. The number of carbonyl (C=O) groups is 2. The molecule has 3 rings (SSSR count). The number of carbonyl (C=O) groups excluding carboxylic acids is 1. The first kappa shape index (κ1) is 12.6. The number of hydrogen-bond donors (Lipinski definition) is 2. The lowest BCUT2D eigenvalue weighted by Gasteiger charge is -2.11. The average Bonchev–Trinajstić information content (AvgIpc) is 3.26. The van der Waals surface area contributed by atoms with Crippen molar-refractivity contribution in [3.05, 3.63) is 42.1 Å². The average molecular weight is 270 g/mol. The summed E-state index contributed by atoms with van der Waals surface area (Å²) in [5.41, 5.74) is 0.519. The number of rotatable bonds is 4. The van der Waals surface area contributed by atoms with Gasteiger partial charge in [0, 0.05) is 18.1 Å². The Morgan fingerprint density at radius 2 is 2.00 bits per heavy atom. The summed E-state index contributed by atoms with van der Waals surface area (Å²) >= 11 is 0. The molecule has 1 aliphatic rings. The number of aromatic nitrogens is 1. The summed E-state index contributed by atoms with van der Waals surface area (Å²) < 4.78 is 0. The first-order valence-electron chi connectivity index (χ1n) is 6.48. The van der Waals surface area contributed by atoms with Gasteiger partial charge in [0.15, 0.2) is 0 Å². The van der Waals surface area contributed by atoms with E-state index in [-0.39, 0.29) is 0 Å². The van der Waals surface area contributed by atoms with Gasteiger partial charge in [0.2, 0.25) is 5.91 Å². The van der Waals surface area contributed by atoms with E-state index in [1.54, 1.807) is 6.20 Å². The van der Waals surface area contributed by atoms with Crippen molar-refractivity contribution in [3.8, 4) is 0 Å². The summed E-state index contributed by atoms with van der Waals surface area (Å²) in [5, 5.41) is 12.8. The molecule has 1 aliphatic carbocycles. The molecule has 2 N–H and O–H groups in total. The molecule has 1 aromatic carbocycles. The van der Waals surface area contributed by atoms with E-state index < -0.39 is 17.3 Å². The SMILES string of the molecule is O=C(O)C1(C(=O)NCc2cccc3cccnc23)CC1. The number of aliphatic carboxylic acids is 1. The molecule has 0 spiro atoms. The van der Waals surface area contributed by atoms with Gasteiger partial charge in [-0.15, -0.1) is 0 Å². The lowest BCUT2D eigenvalue weighted by molar-refractivity contribution is -0.149. The van der Waals surface area contributed by atoms with E-state index in [4.69, 9.17) is 5.11 Å². The molecule has 1 aromatic heterocycles. The molecule has 0 bridgehead atoms. The maximum atomic E-state index is 12.0. The molecule has 5 heteroatoms. The van der Waals surface area contributed by atoms with Crippen LogP contribution in [0.15, 0.2) is 36.5 Å². The first-order valence-corrected chi connectivity index (χ1v) is 6.48. The molecule has 0 aliphatic heterocycles. The Balaban J connectivity index is 1.78. The fourth-order valence-corrected chi connectivity index (χ4v) is 2.32. The molecule has 20 heavy (non-hydrogen) atoms. The largest absolute Gasteiger partial charge is 0.480 e. The topological polar surface area (TPSA) is 79.3 Å². The van der Waals surface area contributed by atoms with Crippen LogP contribution in [0.3, 0.4) is 0 Å². The summed E-state index contributed by atoms with van der Waals surface area (Å²) in [6, 6.07) is 9.54. The van der Waals surface area contributed by atoms with Crippen LogP contribution >= 0.6 is 0 Å². The van der Waals surface area contributed by atoms with Crippen molar-refractivity contribution in [1.29, 1.82) is 0 Å². The second-order valence-corrected chi connectivity index (χ2v) is 5.06. The molecular formula is C15H14N2O3. The molecule has 0 saturated heterocycles. The van der Waals surface area contributed by atoms with E-state index >= 15 is 0 Å². The highest BCUT2D eigenvalue weighted by atomic mass is 16.4. The predicted octanol–water partition coefficient (Wildman–Crippen LogP) is 1.72. The van der Waals surface area contributed by atoms with Gasteiger partial charge in [-0.05, 0) is 24.5 Å². The molecule has 2 aromatic rings. The van der Waals surface area contributed by atoms with Crippen molar-refractivity contribution in [2.45, 2.75) is 19.4 Å². The van der Waals surface area contributed by atoms with Crippen molar-refractivity contribution in [1.82, 2.24) is 10.3 Å². The Morgan fingerprint density at radius 1 is 1.25 bits per heavy atom. The smallest absolute Gasteiger partial charge is 0.319 e. The molecule has 0 unspecified atom stereocenters. The molecular weight excluding hydrogens is 256 g/mol. The molecule has 1 fully saturated rings. The minimum absolute atomic E-state index is 0.294. The molecule has 0 atom stereocenters. The number of nitrogens with one attached hydrogen (secondary N) is 1. The van der Waals surface area contributed by atoms with Crippen molar-refractivity contribution in [3.63, 3.8) is 0 Å². The van der Waals surface area contributed by atoms with Gasteiger partial charge in [0.1, 0.15) is 5.41 Å². The summed E-state index contributed by atoms with van der Waals surface area (Å²) in [6.45, 7) is 0.294. The first-order chi connectivity index (χ1) is 9.63. The zero-order valence-electron chi connectivity index (χ0n) is 10.8. The quantitative estimate of drug-likeness (QED) is 0.829. The Labute approximate surface area is 115 Å². The molecule has 0 radical (unpaired) electrons. The monoisotopic (exact) mass is 270 g/mol. The number of amides is 1. The lowest BCUT2D eigenvalue weighted by Crippen LogP contribution is -2.36. The van der Waals surface area contributed by atoms with Crippen LogP contribution in [0.5, 0.6) is 0 Å². The predicted molar refractivity (Wildman–Crippen MR) is 72.9 cm³/mol. The maximum absolute atomic E-state index is 12.0. The molecule has 102 valence electrons. The van der Waals surface area contributed by atoms with Gasteiger partial charge >= 0.3 is 5.97 Å². The number of pyridine rings is 1. The summed E-state index contributed by atoms with van der Waals surface area (Å²) in [7, 11) is 0. The Hall–Kier alpha value is -2.43. The number of carboxylic acids is 1. The maximum Gasteiger partial charge on any atom is 0.319 e. The zero-order valence-corrected chi connectivity index (χ0v) is 10.8. The third kappa shape index (κ3) is 2.01. The van der Waals surface area contributed by atoms with E-state index in [9.17, 15) is 9.59 Å². The second-order valence-electron chi connectivity index (χ2n) is 5.06. The van der Waals surface area contributed by atoms with Crippen LogP contribution in [0.2, 0.25) is 0 Å². The fraction of sp³-hybridized carbons (Fsp3) is 0.267. The Kier molecular flexibility index (Phi) is 2.89. The van der Waals surface area contributed by atoms with Crippen LogP contribution in [0.4, 0.5) is 0 Å². The van der Waals surface area contributed by atoms with Gasteiger partial charge in [-0.3, -0.25) is 14.6 Å². The van der Waals surface area contributed by atoms with Crippen LogP contribution in [0.1, 0.15) is 18.4 Å². The number of carboxylic acid groups (broad SMARTS) is 1. The number of hydrogen-bond acceptors (Lipinski definition) is 3. The van der Waals surface area contributed by atoms with E-state index in [1.807, 2.05) is 30.3 Å². The van der Waals surface area contributed by atoms with E-state index in [1.165, 1.54) is 0 Å². The molecule has 5 nitrogen and oxygen atoms in total. The normalized spacial score (nSPS) is 15.8. The number of nitrogens with zero attached hydrogens (tertiary/aromatic N) is 1. The van der Waals surface area contributed by atoms with Crippen LogP contribution in [-0.4, -0.2) is 22.0 Å². The number of para-hydroxylation sites is 1. The Morgan fingerprint density at radius 3 is 2.70 bits per heavy atom. The van der Waals surface area contributed by atoms with E-state index in [0.29, 0.717) is 19.4 Å². The summed E-state index contributed by atoms with van der Waals surface area (Å²) in [6.07, 6.45) is 2.54. The van der Waals surface area contributed by atoms with Gasteiger partial charge < -0.3 is 10.4 Å². The minimum Gasteiger partial charge on any atom is -0.480 e. The minimum atomic E-state index is -1.20. The van der Waals surface area contributed by atoms with Crippen molar-refractivity contribution in [2.75, 3.05) is 0 Å². The van der Waals surface area contributed by atoms with Crippen LogP contribution in [-0.2, 0) is 16.1 Å².